The highest BCUT2D eigenvalue weighted by Gasteiger charge is 2.05. The number of unbranched alkanes of at least 4 members (excludes halogenated alkanes) is 3. The summed E-state index contributed by atoms with van der Waals surface area (Å²) in [6.07, 6.45) is 7.51. The van der Waals surface area contributed by atoms with E-state index in [9.17, 15) is 5.11 Å². The zero-order chi connectivity index (χ0) is 16.9. The molecular formula is C19H32IN3O. The molecule has 0 spiro atoms. The topological polar surface area (TPSA) is 47.9 Å². The number of rotatable bonds is 10. The van der Waals surface area contributed by atoms with E-state index in [-0.39, 0.29) is 24.0 Å². The molecule has 0 radical (unpaired) electrons. The van der Waals surface area contributed by atoms with Gasteiger partial charge in [-0.3, -0.25) is 4.99 Å². The second-order valence-electron chi connectivity index (χ2n) is 5.72. The van der Waals surface area contributed by atoms with Gasteiger partial charge in [0, 0.05) is 26.7 Å². The smallest absolute Gasteiger partial charge is 0.193 e. The Balaban J connectivity index is 0.00000529. The van der Waals surface area contributed by atoms with Crippen LogP contribution in [-0.4, -0.2) is 42.6 Å². The van der Waals surface area contributed by atoms with Gasteiger partial charge in [0.25, 0.3) is 0 Å². The Morgan fingerprint density at radius 1 is 1.33 bits per heavy atom. The molecule has 0 aromatic heterocycles. The van der Waals surface area contributed by atoms with Crippen molar-refractivity contribution >= 4 is 29.9 Å². The molecule has 0 atom stereocenters. The van der Waals surface area contributed by atoms with Gasteiger partial charge in [-0.25, -0.2) is 0 Å². The number of phenolic OH excluding ortho intramolecular Hbond substituents is 1. The Morgan fingerprint density at radius 3 is 2.79 bits per heavy atom. The van der Waals surface area contributed by atoms with Gasteiger partial charge >= 0.3 is 0 Å². The lowest BCUT2D eigenvalue weighted by molar-refractivity contribution is 0.455. The molecule has 0 amide bonds. The first-order valence-electron chi connectivity index (χ1n) is 8.55. The van der Waals surface area contributed by atoms with E-state index in [1.165, 1.54) is 19.3 Å². The zero-order valence-electron chi connectivity index (χ0n) is 15.0. The number of aliphatic imine (C=N–C) groups is 1. The number of guanidine groups is 1. The standard InChI is InChI=1S/C19H31N3O.HI/c1-4-6-7-8-9-15-22(3)19(20-5-2)21-14-13-17-11-10-12-18(23)16-17;/h4,10-12,16,23H,1,5-9,13-15H2,2-3H3,(H,20,21);1H. The lowest BCUT2D eigenvalue weighted by atomic mass is 10.1. The highest BCUT2D eigenvalue weighted by Crippen LogP contribution is 2.11. The van der Waals surface area contributed by atoms with Crippen LogP contribution in [0.15, 0.2) is 41.9 Å². The number of phenols is 1. The molecule has 0 aliphatic heterocycles. The fourth-order valence-electron chi connectivity index (χ4n) is 2.39. The number of hydrogen-bond acceptors (Lipinski definition) is 2. The molecule has 0 unspecified atom stereocenters. The highest BCUT2D eigenvalue weighted by molar-refractivity contribution is 14.0. The molecule has 4 nitrogen and oxygen atoms in total. The van der Waals surface area contributed by atoms with Crippen LogP contribution in [0.25, 0.3) is 0 Å². The summed E-state index contributed by atoms with van der Waals surface area (Å²) in [5.74, 6) is 1.27. The monoisotopic (exact) mass is 445 g/mol. The normalized spacial score (nSPS) is 10.8. The lowest BCUT2D eigenvalue weighted by Crippen LogP contribution is -2.39. The van der Waals surface area contributed by atoms with Gasteiger partial charge in [0.15, 0.2) is 5.96 Å². The van der Waals surface area contributed by atoms with E-state index in [2.05, 4.69) is 35.8 Å². The van der Waals surface area contributed by atoms with Crippen LogP contribution in [0.4, 0.5) is 0 Å². The van der Waals surface area contributed by atoms with Crippen molar-refractivity contribution in [1.82, 2.24) is 10.2 Å². The molecule has 0 fully saturated rings. The van der Waals surface area contributed by atoms with Crippen molar-refractivity contribution in [2.45, 2.75) is 39.0 Å². The highest BCUT2D eigenvalue weighted by atomic mass is 127. The van der Waals surface area contributed by atoms with Gasteiger partial charge in [-0.2, -0.15) is 0 Å². The SMILES string of the molecule is C=CCCCCCN(C)C(=NCCc1cccc(O)c1)NCC.I. The molecule has 1 aromatic carbocycles. The summed E-state index contributed by atoms with van der Waals surface area (Å²) in [6, 6.07) is 7.38. The van der Waals surface area contributed by atoms with E-state index in [4.69, 9.17) is 0 Å². The van der Waals surface area contributed by atoms with Crippen LogP contribution in [0, 0.1) is 0 Å². The molecule has 0 saturated carbocycles. The fraction of sp³-hybridized carbons (Fsp3) is 0.526. The minimum absolute atomic E-state index is 0. The first kappa shape index (κ1) is 22.8. The van der Waals surface area contributed by atoms with Crippen LogP contribution in [0.2, 0.25) is 0 Å². The maximum atomic E-state index is 9.49. The number of nitrogens with zero attached hydrogens (tertiary/aromatic N) is 2. The molecule has 0 heterocycles. The first-order valence-corrected chi connectivity index (χ1v) is 8.55. The zero-order valence-corrected chi connectivity index (χ0v) is 17.3. The van der Waals surface area contributed by atoms with Gasteiger partial charge in [-0.1, -0.05) is 24.6 Å². The minimum atomic E-state index is 0. The van der Waals surface area contributed by atoms with Crippen LogP contribution in [0.5, 0.6) is 5.75 Å². The Hall–Kier alpha value is -1.24. The summed E-state index contributed by atoms with van der Waals surface area (Å²) >= 11 is 0. The number of halogens is 1. The molecule has 2 N–H and O–H groups in total. The van der Waals surface area contributed by atoms with Gasteiger partial charge in [0.2, 0.25) is 0 Å². The van der Waals surface area contributed by atoms with Crippen molar-refractivity contribution in [2.24, 2.45) is 4.99 Å². The number of benzene rings is 1. The fourth-order valence-corrected chi connectivity index (χ4v) is 2.39. The third-order valence-corrected chi connectivity index (χ3v) is 3.67. The Bertz CT molecular complexity index is 491. The molecule has 1 rings (SSSR count). The van der Waals surface area contributed by atoms with Crippen molar-refractivity contribution in [1.29, 1.82) is 0 Å². The van der Waals surface area contributed by atoms with Gasteiger partial charge in [-0.15, -0.1) is 30.6 Å². The molecule has 0 aliphatic rings. The summed E-state index contributed by atoms with van der Waals surface area (Å²) in [6.45, 7) is 8.43. The van der Waals surface area contributed by atoms with E-state index >= 15 is 0 Å². The summed E-state index contributed by atoms with van der Waals surface area (Å²) in [4.78, 5) is 6.88. The number of allylic oxidation sites excluding steroid dienone is 1. The molecular weight excluding hydrogens is 413 g/mol. The molecule has 0 saturated heterocycles. The third-order valence-electron chi connectivity index (χ3n) is 3.67. The third kappa shape index (κ3) is 9.80. The van der Waals surface area contributed by atoms with Crippen molar-refractivity contribution in [3.05, 3.63) is 42.5 Å². The summed E-state index contributed by atoms with van der Waals surface area (Å²) in [7, 11) is 2.09. The lowest BCUT2D eigenvalue weighted by Gasteiger charge is -2.22. The number of aromatic hydroxyl groups is 1. The largest absolute Gasteiger partial charge is 0.508 e. The van der Waals surface area contributed by atoms with E-state index < -0.39 is 0 Å². The van der Waals surface area contributed by atoms with Gasteiger partial charge in [0.05, 0.1) is 0 Å². The first-order chi connectivity index (χ1) is 11.2. The average molecular weight is 445 g/mol. The Morgan fingerprint density at radius 2 is 2.12 bits per heavy atom. The van der Waals surface area contributed by atoms with Gasteiger partial charge in [-0.05, 0) is 50.3 Å². The van der Waals surface area contributed by atoms with E-state index in [0.29, 0.717) is 12.3 Å². The molecule has 1 aromatic rings. The molecule has 0 bridgehead atoms. The quantitative estimate of drug-likeness (QED) is 0.187. The van der Waals surface area contributed by atoms with E-state index in [1.807, 2.05) is 18.2 Å². The molecule has 24 heavy (non-hydrogen) atoms. The maximum Gasteiger partial charge on any atom is 0.193 e. The minimum Gasteiger partial charge on any atom is -0.508 e. The van der Waals surface area contributed by atoms with Crippen molar-refractivity contribution < 1.29 is 5.11 Å². The molecule has 136 valence electrons. The average Bonchev–Trinajstić information content (AvgIpc) is 2.54. The summed E-state index contributed by atoms with van der Waals surface area (Å²) < 4.78 is 0. The number of nitrogens with one attached hydrogen (secondary N) is 1. The van der Waals surface area contributed by atoms with Crippen LogP contribution in [-0.2, 0) is 6.42 Å². The maximum absolute atomic E-state index is 9.49. The van der Waals surface area contributed by atoms with Gasteiger partial charge < -0.3 is 15.3 Å². The van der Waals surface area contributed by atoms with Crippen LogP contribution in [0.3, 0.4) is 0 Å². The van der Waals surface area contributed by atoms with Gasteiger partial charge in [0.1, 0.15) is 5.75 Å². The van der Waals surface area contributed by atoms with Crippen molar-refractivity contribution in [3.63, 3.8) is 0 Å². The Labute approximate surface area is 164 Å². The Kier molecular flexibility index (Phi) is 13.4. The van der Waals surface area contributed by atoms with Crippen molar-refractivity contribution in [3.8, 4) is 5.75 Å². The van der Waals surface area contributed by atoms with Crippen LogP contribution in [0.1, 0.15) is 38.2 Å². The number of hydrogen-bond donors (Lipinski definition) is 2. The second kappa shape index (κ2) is 14.1. The van der Waals surface area contributed by atoms with E-state index in [0.717, 1.165) is 37.5 Å². The predicted octanol–water partition coefficient (Wildman–Crippen LogP) is 4.20. The van der Waals surface area contributed by atoms with E-state index in [1.54, 1.807) is 12.1 Å². The molecule has 0 aliphatic carbocycles. The second-order valence-corrected chi connectivity index (χ2v) is 5.72. The van der Waals surface area contributed by atoms with Crippen LogP contribution >= 0.6 is 24.0 Å². The summed E-state index contributed by atoms with van der Waals surface area (Å²) in [5.41, 5.74) is 1.11. The summed E-state index contributed by atoms with van der Waals surface area (Å²) in [5, 5.41) is 12.8. The van der Waals surface area contributed by atoms with Crippen LogP contribution < -0.4 is 5.32 Å². The predicted molar refractivity (Wildman–Crippen MR) is 114 cm³/mol. The van der Waals surface area contributed by atoms with Crippen molar-refractivity contribution in [2.75, 3.05) is 26.7 Å². The molecule has 5 heteroatoms.